The summed E-state index contributed by atoms with van der Waals surface area (Å²) in [4.78, 5) is 42.2. The van der Waals surface area contributed by atoms with Gasteiger partial charge in [0.25, 0.3) is 0 Å². The zero-order chi connectivity index (χ0) is 29.3. The number of unbranched alkanes of at least 4 members (excludes halogenated alkanes) is 1. The van der Waals surface area contributed by atoms with Gasteiger partial charge in [-0.15, -0.1) is 0 Å². The van der Waals surface area contributed by atoms with E-state index in [0.717, 1.165) is 76.2 Å². The van der Waals surface area contributed by atoms with Crippen LogP contribution in [0.3, 0.4) is 0 Å². The molecule has 7 unspecified atom stereocenters. The molecular formula is C34H51NO6. The highest BCUT2D eigenvalue weighted by atomic mass is 16.5. The minimum atomic E-state index is -1.21. The van der Waals surface area contributed by atoms with E-state index < -0.39 is 22.2 Å². The highest BCUT2D eigenvalue weighted by Crippen LogP contribution is 2.84. The molecule has 1 N–H and O–H groups in total. The molecule has 6 rings (SSSR count). The Balaban J connectivity index is 1.42. The van der Waals surface area contributed by atoms with Crippen molar-refractivity contribution >= 4 is 18.2 Å². The SMILES string of the molecule is CCCCC1CC(C23C[C@@H]4[C@H](C)CC[C@H]4C4(C=O)CC2C=C(C(C)C)C34C(=O)O)OC1CN1CCC[C@H]1C(=O)OC. The Labute approximate surface area is 245 Å². The van der Waals surface area contributed by atoms with Gasteiger partial charge in [-0.25, -0.2) is 0 Å². The van der Waals surface area contributed by atoms with Gasteiger partial charge in [-0.2, -0.15) is 0 Å². The van der Waals surface area contributed by atoms with E-state index >= 15 is 0 Å². The molecule has 4 aliphatic carbocycles. The Bertz CT molecular complexity index is 1100. The quantitative estimate of drug-likeness (QED) is 0.211. The van der Waals surface area contributed by atoms with E-state index in [2.05, 4.69) is 38.7 Å². The highest BCUT2D eigenvalue weighted by Gasteiger charge is 2.86. The molecule has 6 aliphatic rings. The third-order valence-corrected chi connectivity index (χ3v) is 13.1. The number of nitrogens with zero attached hydrogens (tertiary/aromatic N) is 1. The van der Waals surface area contributed by atoms with Crippen molar-refractivity contribution in [1.29, 1.82) is 0 Å². The molecule has 228 valence electrons. The maximum Gasteiger partial charge on any atom is 0.323 e. The number of carbonyl (C=O) groups is 3. The summed E-state index contributed by atoms with van der Waals surface area (Å²) in [5.41, 5.74) is -1.70. The van der Waals surface area contributed by atoms with Gasteiger partial charge in [-0.05, 0) is 87.0 Å². The standard InChI is InChI=1S/C34H51NO6/c1-6-7-9-22-14-29(41-28(22)18-35-13-8-10-27(35)30(37)40-5)33-17-24-21(4)11-12-25(24)32(19-36)16-23(33)15-26(20(2)3)34(32,33)31(38)39/h15,19-25,27-29H,6-14,16-18H2,1-5H3,(H,38,39)/t21-,22?,23?,24-,25-,27+,28?,29?,32?,33?,34?/m1/s1. The van der Waals surface area contributed by atoms with Gasteiger partial charge in [0.1, 0.15) is 17.7 Å². The maximum atomic E-state index is 14.0. The van der Waals surface area contributed by atoms with E-state index in [-0.39, 0.29) is 42.0 Å². The molecule has 5 fully saturated rings. The number of carboxylic acids is 1. The lowest BCUT2D eigenvalue weighted by Crippen LogP contribution is -2.65. The second kappa shape index (κ2) is 10.5. The predicted octanol–water partition coefficient (Wildman–Crippen LogP) is 5.51. The number of fused-ring (bicyclic) bond motifs is 2. The van der Waals surface area contributed by atoms with Crippen LogP contribution in [-0.2, 0) is 23.9 Å². The third-order valence-electron chi connectivity index (χ3n) is 13.1. The summed E-state index contributed by atoms with van der Waals surface area (Å²) in [6.45, 7) is 10.3. The zero-order valence-electron chi connectivity index (χ0n) is 25.8. The molecule has 0 radical (unpaired) electrons. The van der Waals surface area contributed by atoms with E-state index in [1.165, 1.54) is 7.11 Å². The molecule has 3 saturated carbocycles. The van der Waals surface area contributed by atoms with Crippen LogP contribution in [0.25, 0.3) is 0 Å². The number of ether oxygens (including phenoxy) is 2. The van der Waals surface area contributed by atoms with E-state index in [0.29, 0.717) is 30.7 Å². The fourth-order valence-corrected chi connectivity index (χ4v) is 11.6. The summed E-state index contributed by atoms with van der Waals surface area (Å²) in [6.07, 6.45) is 12.5. The minimum Gasteiger partial charge on any atom is -0.481 e. The van der Waals surface area contributed by atoms with Crippen molar-refractivity contribution in [2.24, 2.45) is 51.8 Å². The Morgan fingerprint density at radius 3 is 2.68 bits per heavy atom. The Hall–Kier alpha value is -1.73. The monoisotopic (exact) mass is 569 g/mol. The Kier molecular flexibility index (Phi) is 7.49. The topological polar surface area (TPSA) is 93.1 Å². The maximum absolute atomic E-state index is 14.0. The summed E-state index contributed by atoms with van der Waals surface area (Å²) in [5, 5.41) is 11.4. The molecule has 2 saturated heterocycles. The predicted molar refractivity (Wildman–Crippen MR) is 155 cm³/mol. The van der Waals surface area contributed by atoms with Crippen LogP contribution in [0, 0.1) is 51.8 Å². The zero-order valence-corrected chi connectivity index (χ0v) is 25.8. The molecule has 0 amide bonds. The van der Waals surface area contributed by atoms with Crippen LogP contribution in [-0.4, -0.2) is 66.7 Å². The minimum absolute atomic E-state index is 0.0455. The number of carboxylic acid groups (broad SMARTS) is 1. The number of methoxy groups -OCH3 is 1. The van der Waals surface area contributed by atoms with Crippen LogP contribution in [0.4, 0.5) is 0 Å². The number of esters is 1. The molecule has 7 heteroatoms. The number of aliphatic carboxylic acids is 1. The first-order valence-electron chi connectivity index (χ1n) is 16.5. The van der Waals surface area contributed by atoms with Crippen molar-refractivity contribution in [3.8, 4) is 0 Å². The molecule has 2 aliphatic heterocycles. The molecular weight excluding hydrogens is 518 g/mol. The van der Waals surface area contributed by atoms with Crippen LogP contribution in [0.1, 0.15) is 91.9 Å². The summed E-state index contributed by atoms with van der Waals surface area (Å²) < 4.78 is 12.3. The van der Waals surface area contributed by atoms with Gasteiger partial charge in [-0.1, -0.05) is 58.6 Å². The first-order chi connectivity index (χ1) is 19.6. The molecule has 4 bridgehead atoms. The number of carbonyl (C=O) groups excluding carboxylic acids is 2. The largest absolute Gasteiger partial charge is 0.481 e. The summed E-state index contributed by atoms with van der Waals surface area (Å²) in [6, 6.07) is -0.229. The van der Waals surface area contributed by atoms with Gasteiger partial charge in [0.2, 0.25) is 0 Å². The number of hydrogen-bond acceptors (Lipinski definition) is 6. The van der Waals surface area contributed by atoms with Crippen molar-refractivity contribution in [2.45, 2.75) is 110 Å². The van der Waals surface area contributed by atoms with Gasteiger partial charge in [0.05, 0.1) is 24.7 Å². The van der Waals surface area contributed by atoms with Crippen molar-refractivity contribution in [3.05, 3.63) is 11.6 Å². The van der Waals surface area contributed by atoms with Gasteiger partial charge in [0.15, 0.2) is 0 Å². The second-order valence-electron chi connectivity index (χ2n) is 14.8. The van der Waals surface area contributed by atoms with Crippen LogP contribution in [0.2, 0.25) is 0 Å². The Morgan fingerprint density at radius 1 is 1.24 bits per heavy atom. The lowest BCUT2D eigenvalue weighted by atomic mass is 9.41. The number of hydrogen-bond donors (Lipinski definition) is 1. The van der Waals surface area contributed by atoms with E-state index in [1.807, 2.05) is 0 Å². The first-order valence-corrected chi connectivity index (χ1v) is 16.5. The van der Waals surface area contributed by atoms with Crippen LogP contribution < -0.4 is 0 Å². The highest BCUT2D eigenvalue weighted by molar-refractivity contribution is 5.90. The molecule has 2 heterocycles. The lowest BCUT2D eigenvalue weighted by Gasteiger charge is -2.60. The van der Waals surface area contributed by atoms with Gasteiger partial charge >= 0.3 is 11.9 Å². The first kappa shape index (κ1) is 29.3. The lowest BCUT2D eigenvalue weighted by molar-refractivity contribution is -0.197. The average Bonchev–Trinajstić information content (AvgIpc) is 3.75. The fourth-order valence-electron chi connectivity index (χ4n) is 11.6. The number of allylic oxidation sites excluding steroid dienone is 1. The van der Waals surface area contributed by atoms with Crippen molar-refractivity contribution in [2.75, 3.05) is 20.2 Å². The van der Waals surface area contributed by atoms with Gasteiger partial charge < -0.3 is 19.4 Å². The molecule has 0 aromatic rings. The normalized spacial score (nSPS) is 46.6. The molecule has 41 heavy (non-hydrogen) atoms. The van der Waals surface area contributed by atoms with Crippen molar-refractivity contribution in [3.63, 3.8) is 0 Å². The van der Waals surface area contributed by atoms with Crippen LogP contribution in [0.5, 0.6) is 0 Å². The van der Waals surface area contributed by atoms with E-state index in [1.54, 1.807) is 0 Å². The molecule has 0 aromatic carbocycles. The van der Waals surface area contributed by atoms with Crippen molar-refractivity contribution in [1.82, 2.24) is 4.90 Å². The van der Waals surface area contributed by atoms with Crippen LogP contribution in [0.15, 0.2) is 11.6 Å². The summed E-state index contributed by atoms with van der Waals surface area (Å²) in [5.74, 6) is 0.420. The third kappa shape index (κ3) is 3.72. The second-order valence-corrected chi connectivity index (χ2v) is 14.8. The molecule has 0 aromatic heterocycles. The van der Waals surface area contributed by atoms with Crippen LogP contribution >= 0.6 is 0 Å². The smallest absolute Gasteiger partial charge is 0.323 e. The van der Waals surface area contributed by atoms with E-state index in [9.17, 15) is 19.5 Å². The number of aldehydes is 1. The fraction of sp³-hybridized carbons (Fsp3) is 0.853. The van der Waals surface area contributed by atoms with E-state index in [4.69, 9.17) is 9.47 Å². The van der Waals surface area contributed by atoms with Crippen molar-refractivity contribution < 1.29 is 29.0 Å². The van der Waals surface area contributed by atoms with Gasteiger partial charge in [-0.3, -0.25) is 14.5 Å². The Morgan fingerprint density at radius 2 is 2.02 bits per heavy atom. The van der Waals surface area contributed by atoms with Gasteiger partial charge in [0, 0.05) is 12.0 Å². The summed E-state index contributed by atoms with van der Waals surface area (Å²) in [7, 11) is 1.46. The molecule has 7 nitrogen and oxygen atoms in total. The number of likely N-dealkylation sites (tertiary alicyclic amines) is 1. The number of rotatable bonds is 10. The average molecular weight is 570 g/mol. The molecule has 11 atom stereocenters. The summed E-state index contributed by atoms with van der Waals surface area (Å²) >= 11 is 0. The molecule has 0 spiro atoms.